The van der Waals surface area contributed by atoms with Crippen LogP contribution in [0.3, 0.4) is 0 Å². The van der Waals surface area contributed by atoms with Crippen LogP contribution < -0.4 is 10.5 Å². The third-order valence-corrected chi connectivity index (χ3v) is 6.72. The lowest BCUT2D eigenvalue weighted by Gasteiger charge is -2.15. The standard InChI is InChI=1S/C13H12ClN3O.C12H19N3/c1-18-12-6-8(4-5-17-12)13(16)10-3-2-9(14)7-11(10)15;1-14-6-10(5-13-14)7-15-8-11-3-2-4-12(11)9-15/h2-7,16H,15H2,1H3;5-6,11-12H,2-4,7-9H2,1H3/t;11-,12+. The molecular weight excluding hydrogens is 436 g/mol. The first-order valence-electron chi connectivity index (χ1n) is 11.3. The topological polar surface area (TPSA) is 93.0 Å². The first-order valence-corrected chi connectivity index (χ1v) is 11.6. The Morgan fingerprint density at radius 2 is 1.97 bits per heavy atom. The van der Waals surface area contributed by atoms with Crippen molar-refractivity contribution in [3.63, 3.8) is 0 Å². The van der Waals surface area contributed by atoms with E-state index in [9.17, 15) is 0 Å². The molecule has 3 heterocycles. The molecule has 2 atom stereocenters. The Morgan fingerprint density at radius 1 is 1.21 bits per heavy atom. The van der Waals surface area contributed by atoms with E-state index in [1.165, 1.54) is 45.0 Å². The molecule has 1 aliphatic carbocycles. The Morgan fingerprint density at radius 3 is 2.61 bits per heavy atom. The molecule has 33 heavy (non-hydrogen) atoms. The van der Waals surface area contributed by atoms with Gasteiger partial charge >= 0.3 is 0 Å². The summed E-state index contributed by atoms with van der Waals surface area (Å²) in [6.45, 7) is 3.74. The third kappa shape index (κ3) is 5.72. The zero-order chi connectivity index (χ0) is 23.4. The number of nitrogens with two attached hydrogens (primary N) is 1. The van der Waals surface area contributed by atoms with E-state index in [-0.39, 0.29) is 0 Å². The number of rotatable bonds is 5. The van der Waals surface area contributed by atoms with Crippen LogP contribution in [0, 0.1) is 17.2 Å². The number of hydrogen-bond acceptors (Lipinski definition) is 6. The summed E-state index contributed by atoms with van der Waals surface area (Å²) in [5, 5.41) is 12.9. The molecule has 3 N–H and O–H groups in total. The fourth-order valence-corrected chi connectivity index (χ4v) is 5.05. The Kier molecular flexibility index (Phi) is 7.30. The van der Waals surface area contributed by atoms with Gasteiger partial charge in [-0.25, -0.2) is 4.98 Å². The van der Waals surface area contributed by atoms with Gasteiger partial charge in [0.05, 0.1) is 19.0 Å². The van der Waals surface area contributed by atoms with E-state index in [0.717, 1.165) is 18.4 Å². The number of ether oxygens (including phenoxy) is 1. The molecule has 0 bridgehead atoms. The molecule has 1 aliphatic heterocycles. The SMILES string of the molecule is COc1cc(C(=N)c2ccc(Cl)cc2N)ccn1.Cn1cc(CN2C[C@H]3CCC[C@H]3C2)cn1. The van der Waals surface area contributed by atoms with Crippen LogP contribution in [0.4, 0.5) is 5.69 Å². The van der Waals surface area contributed by atoms with Gasteiger partial charge in [-0.15, -0.1) is 0 Å². The fourth-order valence-electron chi connectivity index (χ4n) is 4.87. The van der Waals surface area contributed by atoms with Gasteiger partial charge in [-0.2, -0.15) is 5.10 Å². The van der Waals surface area contributed by atoms with Crippen molar-refractivity contribution in [1.29, 1.82) is 5.41 Å². The molecule has 0 spiro atoms. The van der Waals surface area contributed by atoms with Crippen molar-refractivity contribution in [2.75, 3.05) is 25.9 Å². The molecule has 2 aliphatic rings. The lowest BCUT2D eigenvalue weighted by Crippen LogP contribution is -2.20. The number of halogens is 1. The molecule has 3 aromatic rings. The Balaban J connectivity index is 0.000000159. The maximum Gasteiger partial charge on any atom is 0.213 e. The van der Waals surface area contributed by atoms with Crippen molar-refractivity contribution in [3.8, 4) is 5.88 Å². The second-order valence-corrected chi connectivity index (χ2v) is 9.30. The van der Waals surface area contributed by atoms with Crippen LogP contribution >= 0.6 is 11.6 Å². The summed E-state index contributed by atoms with van der Waals surface area (Å²) in [6, 6.07) is 8.49. The molecule has 1 saturated heterocycles. The zero-order valence-electron chi connectivity index (χ0n) is 19.2. The minimum atomic E-state index is 0.310. The van der Waals surface area contributed by atoms with Gasteiger partial charge in [0.25, 0.3) is 0 Å². The molecule has 0 radical (unpaired) electrons. The molecule has 0 unspecified atom stereocenters. The average molecular weight is 467 g/mol. The van der Waals surface area contributed by atoms with Gasteiger partial charge in [0.15, 0.2) is 0 Å². The molecule has 2 aromatic heterocycles. The normalized spacial score (nSPS) is 19.6. The third-order valence-electron chi connectivity index (χ3n) is 6.48. The van der Waals surface area contributed by atoms with Crippen molar-refractivity contribution < 1.29 is 4.74 Å². The summed E-state index contributed by atoms with van der Waals surface area (Å²) in [7, 11) is 3.52. The first-order chi connectivity index (χ1) is 15.9. The highest BCUT2D eigenvalue weighted by Crippen LogP contribution is 2.38. The van der Waals surface area contributed by atoms with Gasteiger partial charge < -0.3 is 10.5 Å². The second kappa shape index (κ2) is 10.4. The van der Waals surface area contributed by atoms with Crippen LogP contribution in [-0.4, -0.2) is 45.6 Å². The van der Waals surface area contributed by atoms with Gasteiger partial charge in [0.1, 0.15) is 0 Å². The number of likely N-dealkylation sites (tertiary alicyclic amines) is 1. The number of nitrogens with zero attached hydrogens (tertiary/aromatic N) is 4. The van der Waals surface area contributed by atoms with Crippen LogP contribution in [0.1, 0.15) is 36.0 Å². The number of aryl methyl sites for hydroxylation is 1. The average Bonchev–Trinajstić information content (AvgIpc) is 3.51. The van der Waals surface area contributed by atoms with Crippen molar-refractivity contribution in [3.05, 3.63) is 70.6 Å². The number of anilines is 1. The lowest BCUT2D eigenvalue weighted by atomic mass is 10.0. The van der Waals surface area contributed by atoms with Gasteiger partial charge in [-0.1, -0.05) is 18.0 Å². The Labute approximate surface area is 200 Å². The van der Waals surface area contributed by atoms with Crippen LogP contribution in [-0.2, 0) is 13.6 Å². The maximum atomic E-state index is 8.15. The summed E-state index contributed by atoms with van der Waals surface area (Å²) in [5.74, 6) is 2.47. The number of benzene rings is 1. The lowest BCUT2D eigenvalue weighted by molar-refractivity contribution is 0.303. The van der Waals surface area contributed by atoms with Gasteiger partial charge in [-0.05, 0) is 48.9 Å². The second-order valence-electron chi connectivity index (χ2n) is 8.86. The largest absolute Gasteiger partial charge is 0.481 e. The predicted octanol–water partition coefficient (Wildman–Crippen LogP) is 4.39. The summed E-state index contributed by atoms with van der Waals surface area (Å²) < 4.78 is 6.93. The van der Waals surface area contributed by atoms with Crippen LogP contribution in [0.2, 0.25) is 5.02 Å². The van der Waals surface area contributed by atoms with E-state index in [1.807, 2.05) is 17.9 Å². The summed E-state index contributed by atoms with van der Waals surface area (Å²) in [5.41, 5.74) is 9.32. The van der Waals surface area contributed by atoms with Crippen molar-refractivity contribution in [2.45, 2.75) is 25.8 Å². The van der Waals surface area contributed by atoms with Gasteiger partial charge in [0, 0.05) is 72.5 Å². The van der Waals surface area contributed by atoms with Gasteiger partial charge in [0.2, 0.25) is 5.88 Å². The van der Waals surface area contributed by atoms with E-state index in [0.29, 0.717) is 33.4 Å². The summed E-state index contributed by atoms with van der Waals surface area (Å²) >= 11 is 5.83. The minimum absolute atomic E-state index is 0.310. The number of nitrogen functional groups attached to an aromatic ring is 1. The molecule has 8 heteroatoms. The number of hydrogen-bond donors (Lipinski definition) is 2. The molecule has 1 saturated carbocycles. The van der Waals surface area contributed by atoms with Crippen LogP contribution in [0.15, 0.2) is 48.9 Å². The van der Waals surface area contributed by atoms with E-state index in [2.05, 4.69) is 21.2 Å². The van der Waals surface area contributed by atoms with Crippen molar-refractivity contribution in [1.82, 2.24) is 19.7 Å². The van der Waals surface area contributed by atoms with Gasteiger partial charge in [-0.3, -0.25) is 15.0 Å². The highest BCUT2D eigenvalue weighted by molar-refractivity contribution is 6.31. The molecule has 1 aromatic carbocycles. The highest BCUT2D eigenvalue weighted by Gasteiger charge is 2.35. The number of methoxy groups -OCH3 is 1. The van der Waals surface area contributed by atoms with Crippen LogP contribution in [0.5, 0.6) is 5.88 Å². The zero-order valence-corrected chi connectivity index (χ0v) is 19.9. The van der Waals surface area contributed by atoms with Crippen molar-refractivity contribution in [2.24, 2.45) is 18.9 Å². The van der Waals surface area contributed by atoms with E-state index in [1.54, 1.807) is 36.5 Å². The van der Waals surface area contributed by atoms with E-state index < -0.39 is 0 Å². The monoisotopic (exact) mass is 466 g/mol. The molecule has 5 rings (SSSR count). The quantitative estimate of drug-likeness (QED) is 0.429. The highest BCUT2D eigenvalue weighted by atomic mass is 35.5. The molecule has 2 fully saturated rings. The molecule has 174 valence electrons. The van der Waals surface area contributed by atoms with Crippen LogP contribution in [0.25, 0.3) is 0 Å². The van der Waals surface area contributed by atoms with E-state index >= 15 is 0 Å². The first kappa shape index (κ1) is 23.3. The molecule has 0 amide bonds. The molecule has 7 nitrogen and oxygen atoms in total. The van der Waals surface area contributed by atoms with E-state index in [4.69, 9.17) is 27.5 Å². The maximum absolute atomic E-state index is 8.15. The summed E-state index contributed by atoms with van der Waals surface area (Å²) in [4.78, 5) is 6.60. The molecular formula is C25H31ClN6O. The smallest absolute Gasteiger partial charge is 0.213 e. The summed E-state index contributed by atoms with van der Waals surface area (Å²) in [6.07, 6.45) is 10.1. The Hall–Kier alpha value is -2.90. The fraction of sp³-hybridized carbons (Fsp3) is 0.400. The number of nitrogens with one attached hydrogen (secondary N) is 1. The Bertz CT molecular complexity index is 1100. The number of aromatic nitrogens is 3. The minimum Gasteiger partial charge on any atom is -0.481 e. The number of fused-ring (bicyclic) bond motifs is 1. The predicted molar refractivity (Wildman–Crippen MR) is 132 cm³/mol. The van der Waals surface area contributed by atoms with Crippen molar-refractivity contribution >= 4 is 23.0 Å². The number of pyridine rings is 1.